The van der Waals surface area contributed by atoms with E-state index in [0.29, 0.717) is 5.16 Å². The number of thioether (sulfide) groups is 1. The molecule has 2 aromatic rings. The Balaban J connectivity index is 1.90. The van der Waals surface area contributed by atoms with Gasteiger partial charge in [0.25, 0.3) is 0 Å². The Bertz CT molecular complexity index is 636. The van der Waals surface area contributed by atoms with Crippen molar-refractivity contribution in [1.82, 2.24) is 15.2 Å². The zero-order valence-corrected chi connectivity index (χ0v) is 12.9. The molecule has 0 aliphatic heterocycles. The lowest BCUT2D eigenvalue weighted by Gasteiger charge is -2.12. The summed E-state index contributed by atoms with van der Waals surface area (Å²) in [5.74, 6) is 0.131. The molecule has 1 aromatic carbocycles. The number of anilines is 1. The summed E-state index contributed by atoms with van der Waals surface area (Å²) in [7, 11) is 0. The van der Waals surface area contributed by atoms with Crippen LogP contribution in [0.4, 0.5) is 10.1 Å². The topological polar surface area (TPSA) is 70.7 Å². The van der Waals surface area contributed by atoms with E-state index in [-0.39, 0.29) is 22.8 Å². The van der Waals surface area contributed by atoms with Crippen LogP contribution in [0.5, 0.6) is 0 Å². The molecule has 0 aliphatic rings. The fourth-order valence-electron chi connectivity index (χ4n) is 1.53. The second-order valence-electron chi connectivity index (χ2n) is 5.53. The molecule has 0 saturated heterocycles. The number of hydrogen-bond acceptors (Lipinski definition) is 4. The molecule has 0 spiro atoms. The molecule has 0 radical (unpaired) electrons. The highest BCUT2D eigenvalue weighted by molar-refractivity contribution is 7.99. The third-order valence-corrected chi connectivity index (χ3v) is 3.50. The molecular formula is C14H17FN4OS. The van der Waals surface area contributed by atoms with E-state index in [4.69, 9.17) is 0 Å². The van der Waals surface area contributed by atoms with E-state index in [2.05, 4.69) is 20.5 Å². The van der Waals surface area contributed by atoms with Gasteiger partial charge in [0.15, 0.2) is 0 Å². The van der Waals surface area contributed by atoms with Gasteiger partial charge in [0.2, 0.25) is 11.1 Å². The lowest BCUT2D eigenvalue weighted by molar-refractivity contribution is -0.113. The zero-order chi connectivity index (χ0) is 15.5. The number of halogens is 1. The average Bonchev–Trinajstić information content (AvgIpc) is 2.88. The van der Waals surface area contributed by atoms with Gasteiger partial charge in [0, 0.05) is 5.41 Å². The molecule has 1 aromatic heterocycles. The highest BCUT2D eigenvalue weighted by atomic mass is 32.2. The van der Waals surface area contributed by atoms with Gasteiger partial charge in [-0.05, 0) is 12.1 Å². The minimum Gasteiger partial charge on any atom is -0.323 e. The van der Waals surface area contributed by atoms with E-state index in [1.54, 1.807) is 12.1 Å². The summed E-state index contributed by atoms with van der Waals surface area (Å²) in [6, 6.07) is 6.05. The van der Waals surface area contributed by atoms with Crippen molar-refractivity contribution in [1.29, 1.82) is 0 Å². The Labute approximate surface area is 126 Å². The highest BCUT2D eigenvalue weighted by Gasteiger charge is 2.19. The quantitative estimate of drug-likeness (QED) is 0.852. The summed E-state index contributed by atoms with van der Waals surface area (Å²) >= 11 is 1.20. The number of amides is 1. The second-order valence-corrected chi connectivity index (χ2v) is 6.48. The Morgan fingerprint density at radius 1 is 1.38 bits per heavy atom. The molecule has 2 N–H and O–H groups in total. The first-order valence-electron chi connectivity index (χ1n) is 6.46. The van der Waals surface area contributed by atoms with Crippen LogP contribution in [-0.2, 0) is 10.2 Å². The molecule has 21 heavy (non-hydrogen) atoms. The van der Waals surface area contributed by atoms with Gasteiger partial charge in [0.1, 0.15) is 11.6 Å². The molecule has 0 bridgehead atoms. The van der Waals surface area contributed by atoms with Crippen molar-refractivity contribution in [2.24, 2.45) is 0 Å². The third kappa shape index (κ3) is 4.29. The number of para-hydroxylation sites is 1. The molecule has 0 atom stereocenters. The van der Waals surface area contributed by atoms with Crippen LogP contribution in [0, 0.1) is 5.82 Å². The maximum Gasteiger partial charge on any atom is 0.234 e. The number of benzene rings is 1. The molecule has 0 fully saturated rings. The van der Waals surface area contributed by atoms with E-state index in [1.807, 2.05) is 20.8 Å². The van der Waals surface area contributed by atoms with E-state index in [0.717, 1.165) is 5.82 Å². The van der Waals surface area contributed by atoms with Crippen LogP contribution in [0.2, 0.25) is 0 Å². The van der Waals surface area contributed by atoms with Crippen molar-refractivity contribution in [3.63, 3.8) is 0 Å². The van der Waals surface area contributed by atoms with Gasteiger partial charge in [-0.15, -0.1) is 5.10 Å². The zero-order valence-electron chi connectivity index (χ0n) is 12.1. The summed E-state index contributed by atoms with van der Waals surface area (Å²) in [5, 5.41) is 9.93. The number of nitrogens with zero attached hydrogens (tertiary/aromatic N) is 2. The molecule has 0 aliphatic carbocycles. The van der Waals surface area contributed by atoms with Gasteiger partial charge in [-0.1, -0.05) is 44.7 Å². The summed E-state index contributed by atoms with van der Waals surface area (Å²) in [6.07, 6.45) is 0. The molecule has 0 unspecified atom stereocenters. The number of carbonyl (C=O) groups excluding carboxylic acids is 1. The van der Waals surface area contributed by atoms with Crippen LogP contribution in [0.25, 0.3) is 0 Å². The van der Waals surface area contributed by atoms with Crippen LogP contribution in [0.15, 0.2) is 29.4 Å². The van der Waals surface area contributed by atoms with E-state index < -0.39 is 5.82 Å². The number of carbonyl (C=O) groups is 1. The predicted molar refractivity (Wildman–Crippen MR) is 80.8 cm³/mol. The van der Waals surface area contributed by atoms with Gasteiger partial charge in [0.05, 0.1) is 11.4 Å². The lowest BCUT2D eigenvalue weighted by atomic mass is 9.96. The molecule has 2 rings (SSSR count). The van der Waals surface area contributed by atoms with Crippen molar-refractivity contribution in [3.05, 3.63) is 35.9 Å². The smallest absolute Gasteiger partial charge is 0.234 e. The standard InChI is InChI=1S/C14H17FN4OS/c1-14(2,3)12-17-13(19-18-12)21-8-11(20)16-10-7-5-4-6-9(10)15/h4-7H,8H2,1-3H3,(H,16,20)(H,17,18,19). The molecular weight excluding hydrogens is 291 g/mol. The van der Waals surface area contributed by atoms with Gasteiger partial charge < -0.3 is 5.32 Å². The summed E-state index contributed by atoms with van der Waals surface area (Å²) in [5.41, 5.74) is 0.0507. The van der Waals surface area contributed by atoms with E-state index in [1.165, 1.54) is 23.9 Å². The van der Waals surface area contributed by atoms with Crippen LogP contribution in [0.1, 0.15) is 26.6 Å². The van der Waals surface area contributed by atoms with E-state index >= 15 is 0 Å². The number of nitrogens with one attached hydrogen (secondary N) is 2. The summed E-state index contributed by atoms with van der Waals surface area (Å²) in [4.78, 5) is 16.1. The van der Waals surface area contributed by atoms with Crippen LogP contribution >= 0.6 is 11.8 Å². The minimum atomic E-state index is -0.455. The normalized spacial score (nSPS) is 11.4. The predicted octanol–water partition coefficient (Wildman–Crippen LogP) is 2.97. The first kappa shape index (κ1) is 15.5. The maximum atomic E-state index is 13.4. The molecule has 0 saturated carbocycles. The first-order valence-corrected chi connectivity index (χ1v) is 7.45. The van der Waals surface area contributed by atoms with Crippen molar-refractivity contribution in [2.45, 2.75) is 31.3 Å². The van der Waals surface area contributed by atoms with Gasteiger partial charge in [-0.2, -0.15) is 0 Å². The van der Waals surface area contributed by atoms with Crippen molar-refractivity contribution in [3.8, 4) is 0 Å². The number of hydrogen-bond donors (Lipinski definition) is 2. The number of aromatic amines is 1. The van der Waals surface area contributed by atoms with Crippen molar-refractivity contribution in [2.75, 3.05) is 11.1 Å². The van der Waals surface area contributed by atoms with Crippen LogP contribution in [0.3, 0.4) is 0 Å². The monoisotopic (exact) mass is 308 g/mol. The summed E-state index contributed by atoms with van der Waals surface area (Å²) in [6.45, 7) is 6.06. The number of rotatable bonds is 4. The van der Waals surface area contributed by atoms with E-state index in [9.17, 15) is 9.18 Å². The maximum absolute atomic E-state index is 13.4. The van der Waals surface area contributed by atoms with Crippen LogP contribution < -0.4 is 5.32 Å². The second kappa shape index (κ2) is 6.26. The van der Waals surface area contributed by atoms with Crippen LogP contribution in [-0.4, -0.2) is 26.8 Å². The SMILES string of the molecule is CC(C)(C)c1nc(SCC(=O)Nc2ccccc2F)n[nH]1. The fourth-order valence-corrected chi connectivity index (χ4v) is 2.12. The van der Waals surface area contributed by atoms with Gasteiger partial charge in [-0.25, -0.2) is 9.37 Å². The number of H-pyrrole nitrogens is 1. The highest BCUT2D eigenvalue weighted by Crippen LogP contribution is 2.21. The fraction of sp³-hybridized carbons (Fsp3) is 0.357. The van der Waals surface area contributed by atoms with Gasteiger partial charge in [-0.3, -0.25) is 9.89 Å². The Hall–Kier alpha value is -1.89. The average molecular weight is 308 g/mol. The number of aromatic nitrogens is 3. The largest absolute Gasteiger partial charge is 0.323 e. The minimum absolute atomic E-state index is 0.121. The third-order valence-electron chi connectivity index (χ3n) is 2.66. The molecule has 112 valence electrons. The molecule has 7 heteroatoms. The Morgan fingerprint density at radius 3 is 2.71 bits per heavy atom. The molecule has 5 nitrogen and oxygen atoms in total. The Morgan fingerprint density at radius 2 is 2.10 bits per heavy atom. The Kier molecular flexibility index (Phi) is 4.62. The van der Waals surface area contributed by atoms with Crippen molar-refractivity contribution < 1.29 is 9.18 Å². The molecule has 1 heterocycles. The summed E-state index contributed by atoms with van der Waals surface area (Å²) < 4.78 is 13.4. The van der Waals surface area contributed by atoms with Crippen molar-refractivity contribution >= 4 is 23.4 Å². The molecule has 1 amide bonds. The first-order chi connectivity index (χ1) is 9.86. The lowest BCUT2D eigenvalue weighted by Crippen LogP contribution is -2.15. The van der Waals surface area contributed by atoms with Gasteiger partial charge >= 0.3 is 0 Å².